The Morgan fingerprint density at radius 2 is 1.88 bits per heavy atom. The Balaban J connectivity index is 2.10. The molecule has 1 aliphatic rings. The fraction of sp³-hybridized carbons (Fsp3) is 0.533. The van der Waals surface area contributed by atoms with E-state index in [4.69, 9.17) is 5.10 Å². The van der Waals surface area contributed by atoms with E-state index >= 15 is 0 Å². The number of rotatable bonds is 1. The van der Waals surface area contributed by atoms with Crippen LogP contribution in [0.2, 0.25) is 0 Å². The maximum atomic E-state index is 4.77. The molecule has 0 saturated heterocycles. The standard InChI is InChI=1S/C15H20N2/c1-11-8-9-15-14(10-11)12(2)16-17(15)13-6-4-3-5-7-13/h8-10,13H,3-7H2,1-2H3. The molecule has 0 bridgehead atoms. The first-order valence-electron chi connectivity index (χ1n) is 6.71. The van der Waals surface area contributed by atoms with Gasteiger partial charge in [-0.25, -0.2) is 0 Å². The molecule has 1 saturated carbocycles. The third kappa shape index (κ3) is 1.86. The lowest BCUT2D eigenvalue weighted by Crippen LogP contribution is -2.14. The van der Waals surface area contributed by atoms with Crippen LogP contribution in [0.3, 0.4) is 0 Å². The van der Waals surface area contributed by atoms with E-state index in [0.29, 0.717) is 6.04 Å². The van der Waals surface area contributed by atoms with Gasteiger partial charge in [0.15, 0.2) is 0 Å². The van der Waals surface area contributed by atoms with Crippen molar-refractivity contribution in [2.45, 2.75) is 52.0 Å². The van der Waals surface area contributed by atoms with Gasteiger partial charge >= 0.3 is 0 Å². The summed E-state index contributed by atoms with van der Waals surface area (Å²) in [5, 5.41) is 6.10. The Morgan fingerprint density at radius 1 is 1.12 bits per heavy atom. The van der Waals surface area contributed by atoms with E-state index in [1.54, 1.807) is 0 Å². The predicted molar refractivity (Wildman–Crippen MR) is 71.3 cm³/mol. The Kier molecular flexibility index (Phi) is 2.65. The lowest BCUT2D eigenvalue weighted by atomic mass is 9.95. The molecule has 0 atom stereocenters. The summed E-state index contributed by atoms with van der Waals surface area (Å²) in [5.74, 6) is 0. The fourth-order valence-electron chi connectivity index (χ4n) is 3.01. The lowest BCUT2D eigenvalue weighted by molar-refractivity contribution is 0.336. The largest absolute Gasteiger partial charge is 0.262 e. The van der Waals surface area contributed by atoms with E-state index in [-0.39, 0.29) is 0 Å². The molecule has 3 rings (SSSR count). The highest BCUT2D eigenvalue weighted by atomic mass is 15.3. The molecule has 0 spiro atoms. The van der Waals surface area contributed by atoms with Gasteiger partial charge in [-0.2, -0.15) is 5.10 Å². The molecule has 2 nitrogen and oxygen atoms in total. The van der Waals surface area contributed by atoms with E-state index in [2.05, 4.69) is 36.7 Å². The summed E-state index contributed by atoms with van der Waals surface area (Å²) in [6, 6.07) is 7.32. The summed E-state index contributed by atoms with van der Waals surface area (Å²) in [5.41, 5.74) is 3.82. The van der Waals surface area contributed by atoms with Crippen LogP contribution >= 0.6 is 0 Å². The molecule has 0 amide bonds. The summed E-state index contributed by atoms with van der Waals surface area (Å²) in [6.45, 7) is 4.28. The van der Waals surface area contributed by atoms with Crippen molar-refractivity contribution in [2.75, 3.05) is 0 Å². The van der Waals surface area contributed by atoms with Gasteiger partial charge in [0.2, 0.25) is 0 Å². The number of hydrogen-bond acceptors (Lipinski definition) is 1. The van der Waals surface area contributed by atoms with Crippen LogP contribution in [-0.4, -0.2) is 9.78 Å². The second-order valence-corrected chi connectivity index (χ2v) is 5.34. The highest BCUT2D eigenvalue weighted by molar-refractivity contribution is 5.82. The number of nitrogens with zero attached hydrogens (tertiary/aromatic N) is 2. The van der Waals surface area contributed by atoms with Gasteiger partial charge in [-0.1, -0.05) is 30.9 Å². The summed E-state index contributed by atoms with van der Waals surface area (Å²) >= 11 is 0. The van der Waals surface area contributed by atoms with Gasteiger partial charge in [0, 0.05) is 5.39 Å². The molecule has 1 fully saturated rings. The average Bonchev–Trinajstić information content (AvgIpc) is 2.68. The minimum Gasteiger partial charge on any atom is -0.262 e. The molecule has 17 heavy (non-hydrogen) atoms. The molecule has 1 aromatic heterocycles. The molecular weight excluding hydrogens is 208 g/mol. The molecule has 2 heteroatoms. The summed E-state index contributed by atoms with van der Waals surface area (Å²) < 4.78 is 2.28. The first-order valence-corrected chi connectivity index (χ1v) is 6.71. The molecule has 1 aromatic carbocycles. The van der Waals surface area contributed by atoms with E-state index in [0.717, 1.165) is 0 Å². The van der Waals surface area contributed by atoms with Gasteiger partial charge < -0.3 is 0 Å². The van der Waals surface area contributed by atoms with Crippen molar-refractivity contribution < 1.29 is 0 Å². The van der Waals surface area contributed by atoms with Crippen molar-refractivity contribution in [3.05, 3.63) is 29.5 Å². The van der Waals surface area contributed by atoms with Gasteiger partial charge in [-0.05, 0) is 38.8 Å². The third-order valence-electron chi connectivity index (χ3n) is 3.97. The number of benzene rings is 1. The fourth-order valence-corrected chi connectivity index (χ4v) is 3.01. The molecule has 2 aromatic rings. The van der Waals surface area contributed by atoms with Crippen molar-refractivity contribution >= 4 is 10.9 Å². The van der Waals surface area contributed by atoms with Gasteiger partial charge in [-0.3, -0.25) is 4.68 Å². The normalized spacial score (nSPS) is 17.8. The number of fused-ring (bicyclic) bond motifs is 1. The van der Waals surface area contributed by atoms with Crippen LogP contribution < -0.4 is 0 Å². The second-order valence-electron chi connectivity index (χ2n) is 5.34. The maximum Gasteiger partial charge on any atom is 0.0688 e. The molecule has 0 N–H and O–H groups in total. The molecule has 0 radical (unpaired) electrons. The summed E-state index contributed by atoms with van der Waals surface area (Å²) in [6.07, 6.45) is 6.70. The van der Waals surface area contributed by atoms with Crippen molar-refractivity contribution in [3.63, 3.8) is 0 Å². The molecule has 1 aliphatic carbocycles. The molecule has 1 heterocycles. The monoisotopic (exact) mass is 228 g/mol. The van der Waals surface area contributed by atoms with Gasteiger partial charge in [0.25, 0.3) is 0 Å². The lowest BCUT2D eigenvalue weighted by Gasteiger charge is -2.22. The van der Waals surface area contributed by atoms with Crippen LogP contribution in [-0.2, 0) is 0 Å². The van der Waals surface area contributed by atoms with E-state index in [1.807, 2.05) is 0 Å². The SMILES string of the molecule is Cc1ccc2c(c1)c(C)nn2C1CCCCC1. The average molecular weight is 228 g/mol. The van der Waals surface area contributed by atoms with E-state index in [1.165, 1.54) is 54.3 Å². The van der Waals surface area contributed by atoms with Crippen LogP contribution in [0.25, 0.3) is 10.9 Å². The summed E-state index contributed by atoms with van der Waals surface area (Å²) in [4.78, 5) is 0. The zero-order valence-electron chi connectivity index (χ0n) is 10.7. The Labute approximate surface area is 103 Å². The van der Waals surface area contributed by atoms with Gasteiger partial charge in [0.05, 0.1) is 17.3 Å². The molecule has 90 valence electrons. The Morgan fingerprint density at radius 3 is 2.65 bits per heavy atom. The van der Waals surface area contributed by atoms with Crippen LogP contribution in [0.1, 0.15) is 49.4 Å². The van der Waals surface area contributed by atoms with Crippen molar-refractivity contribution in [3.8, 4) is 0 Å². The minimum atomic E-state index is 0.627. The Bertz CT molecular complexity index is 533. The van der Waals surface area contributed by atoms with Gasteiger partial charge in [-0.15, -0.1) is 0 Å². The minimum absolute atomic E-state index is 0.627. The predicted octanol–water partition coefficient (Wildman–Crippen LogP) is 4.16. The third-order valence-corrected chi connectivity index (χ3v) is 3.97. The smallest absolute Gasteiger partial charge is 0.0688 e. The Hall–Kier alpha value is -1.31. The zero-order chi connectivity index (χ0) is 11.8. The highest BCUT2D eigenvalue weighted by Crippen LogP contribution is 2.31. The van der Waals surface area contributed by atoms with Crippen molar-refractivity contribution in [1.29, 1.82) is 0 Å². The first-order chi connectivity index (χ1) is 8.25. The number of aromatic nitrogens is 2. The molecular formula is C15H20N2. The molecule has 0 aliphatic heterocycles. The van der Waals surface area contributed by atoms with Crippen LogP contribution in [0.4, 0.5) is 0 Å². The van der Waals surface area contributed by atoms with Crippen molar-refractivity contribution in [2.24, 2.45) is 0 Å². The van der Waals surface area contributed by atoms with Crippen molar-refractivity contribution in [1.82, 2.24) is 9.78 Å². The number of aryl methyl sites for hydroxylation is 2. The first kappa shape index (κ1) is 10.8. The van der Waals surface area contributed by atoms with Gasteiger partial charge in [0.1, 0.15) is 0 Å². The van der Waals surface area contributed by atoms with E-state index in [9.17, 15) is 0 Å². The second kappa shape index (κ2) is 4.17. The van der Waals surface area contributed by atoms with Crippen LogP contribution in [0.5, 0.6) is 0 Å². The van der Waals surface area contributed by atoms with Crippen LogP contribution in [0.15, 0.2) is 18.2 Å². The zero-order valence-corrected chi connectivity index (χ0v) is 10.7. The van der Waals surface area contributed by atoms with E-state index < -0.39 is 0 Å². The maximum absolute atomic E-state index is 4.77. The topological polar surface area (TPSA) is 17.8 Å². The molecule has 0 unspecified atom stereocenters. The van der Waals surface area contributed by atoms with Crippen LogP contribution in [0, 0.1) is 13.8 Å². The summed E-state index contributed by atoms with van der Waals surface area (Å²) in [7, 11) is 0. The highest BCUT2D eigenvalue weighted by Gasteiger charge is 2.19. The quantitative estimate of drug-likeness (QED) is 0.716. The number of hydrogen-bond donors (Lipinski definition) is 0.